The third-order valence-electron chi connectivity index (χ3n) is 2.55. The summed E-state index contributed by atoms with van der Waals surface area (Å²) in [4.78, 5) is 15.9. The van der Waals surface area contributed by atoms with Gasteiger partial charge in [-0.1, -0.05) is 0 Å². The average molecular weight is 248 g/mol. The minimum absolute atomic E-state index is 0.175. The van der Waals surface area contributed by atoms with E-state index in [9.17, 15) is 9.90 Å². The molecule has 2 heterocycles. The molecule has 2 aromatic heterocycles. The lowest BCUT2D eigenvalue weighted by atomic mass is 10.0. The molecule has 0 bridgehead atoms. The third kappa shape index (κ3) is 1.92. The largest absolute Gasteiger partial charge is 0.493 e. The van der Waals surface area contributed by atoms with Gasteiger partial charge in [-0.25, -0.2) is 9.48 Å². The molecule has 1 N–H and O–H groups in total. The molecule has 0 fully saturated rings. The van der Waals surface area contributed by atoms with E-state index in [1.54, 1.807) is 13.0 Å². The quantitative estimate of drug-likeness (QED) is 0.810. The first-order valence-electron chi connectivity index (χ1n) is 5.88. The Morgan fingerprint density at radius 1 is 1.50 bits per heavy atom. The van der Waals surface area contributed by atoms with Gasteiger partial charge in [0.15, 0.2) is 0 Å². The van der Waals surface area contributed by atoms with Gasteiger partial charge in [-0.15, -0.1) is 0 Å². The van der Waals surface area contributed by atoms with E-state index in [0.717, 1.165) is 4.68 Å². The topological polar surface area (TPSA) is 77.2 Å². The van der Waals surface area contributed by atoms with E-state index in [1.165, 1.54) is 19.5 Å². The Labute approximate surface area is 105 Å². The van der Waals surface area contributed by atoms with Crippen LogP contribution in [0.5, 0.6) is 5.88 Å². The number of pyridine rings is 1. The van der Waals surface area contributed by atoms with Crippen molar-refractivity contribution in [3.63, 3.8) is 0 Å². The van der Waals surface area contributed by atoms with Gasteiger partial charge < -0.3 is 9.84 Å². The molecule has 18 heavy (non-hydrogen) atoms. The van der Waals surface area contributed by atoms with E-state index in [0.29, 0.717) is 22.4 Å². The van der Waals surface area contributed by atoms with Crippen molar-refractivity contribution in [3.05, 3.63) is 29.7 Å². The predicted octanol–water partition coefficient (Wildman–Crippen LogP) is 1.28. The number of methoxy groups -OCH3 is 1. The highest BCUT2D eigenvalue weighted by atomic mass is 16.5. The number of aromatic hydroxyl groups is 1. The molecule has 6 nitrogen and oxygen atoms in total. The molecule has 0 radical (unpaired) electrons. The summed E-state index contributed by atoms with van der Waals surface area (Å²) in [6, 6.07) is 1.58. The smallest absolute Gasteiger partial charge is 0.338 e. The number of aromatic nitrogens is 3. The number of esters is 1. The highest BCUT2D eigenvalue weighted by molar-refractivity contribution is 5.97. The molecule has 0 aliphatic rings. The lowest BCUT2D eigenvalue weighted by molar-refractivity contribution is 0.0601. The Kier molecular flexibility index (Phi) is 2.68. The fourth-order valence-corrected chi connectivity index (χ4v) is 1.62. The van der Waals surface area contributed by atoms with Gasteiger partial charge in [0, 0.05) is 25.8 Å². The highest BCUT2D eigenvalue weighted by Gasteiger charge is 2.18. The van der Waals surface area contributed by atoms with Gasteiger partial charge in [0.2, 0.25) is 5.88 Å². The predicted molar refractivity (Wildman–Crippen MR) is 64.2 cm³/mol. The van der Waals surface area contributed by atoms with Crippen LogP contribution in [-0.2, 0) is 11.8 Å². The Morgan fingerprint density at radius 2 is 2.28 bits per heavy atom. The van der Waals surface area contributed by atoms with E-state index in [4.69, 9.17) is 6.11 Å². The minimum atomic E-state index is -0.515. The number of aryl methyl sites for hydroxylation is 2. The van der Waals surface area contributed by atoms with Crippen LogP contribution in [0.4, 0.5) is 0 Å². The van der Waals surface area contributed by atoms with Crippen molar-refractivity contribution in [1.82, 2.24) is 14.8 Å². The van der Waals surface area contributed by atoms with Gasteiger partial charge in [-0.05, 0) is 13.0 Å². The third-order valence-corrected chi connectivity index (χ3v) is 2.55. The fraction of sp³-hybridized carbons (Fsp3) is 0.250. The van der Waals surface area contributed by atoms with Crippen LogP contribution in [0.15, 0.2) is 18.5 Å². The van der Waals surface area contributed by atoms with Crippen LogP contribution in [0.25, 0.3) is 11.1 Å². The zero-order valence-corrected chi connectivity index (χ0v) is 10.0. The number of rotatable bonds is 2. The summed E-state index contributed by atoms with van der Waals surface area (Å²) in [5.74, 6) is -0.690. The lowest BCUT2D eigenvalue weighted by Crippen LogP contribution is -2.05. The number of carbonyl (C=O) groups excluding carboxylic acids is 1. The summed E-state index contributed by atoms with van der Waals surface area (Å²) in [6.45, 7) is 1.75. The SMILES string of the molecule is [2H]Cn1ncc(-c2cnc(C)cc2C(=O)OC)c1O. The molecule has 94 valence electrons. The molecule has 0 saturated heterocycles. The van der Waals surface area contributed by atoms with Crippen LogP contribution in [0, 0.1) is 6.92 Å². The normalized spacial score (nSPS) is 11.1. The summed E-state index contributed by atoms with van der Waals surface area (Å²) in [5, 5.41) is 13.8. The Bertz CT molecular complexity index is 625. The number of hydrogen-bond donors (Lipinski definition) is 1. The molecule has 0 saturated carbocycles. The monoisotopic (exact) mass is 248 g/mol. The maximum Gasteiger partial charge on any atom is 0.338 e. The zero-order valence-electron chi connectivity index (χ0n) is 11.0. The maximum atomic E-state index is 11.8. The molecule has 0 aliphatic carbocycles. The molecular weight excluding hydrogens is 234 g/mol. The van der Waals surface area contributed by atoms with Crippen molar-refractivity contribution in [3.8, 4) is 17.0 Å². The molecule has 2 rings (SSSR count). The zero-order chi connectivity index (χ0) is 14.0. The van der Waals surface area contributed by atoms with Gasteiger partial charge in [0.25, 0.3) is 0 Å². The van der Waals surface area contributed by atoms with Gasteiger partial charge in [-0.2, -0.15) is 5.10 Å². The van der Waals surface area contributed by atoms with E-state index < -0.39 is 5.97 Å². The number of ether oxygens (including phenoxy) is 1. The second-order valence-electron chi connectivity index (χ2n) is 3.74. The van der Waals surface area contributed by atoms with E-state index >= 15 is 0 Å². The summed E-state index contributed by atoms with van der Waals surface area (Å²) < 4.78 is 13.0. The average Bonchev–Trinajstić information content (AvgIpc) is 2.79. The van der Waals surface area contributed by atoms with Crippen molar-refractivity contribution < 1.29 is 16.0 Å². The van der Waals surface area contributed by atoms with Crippen LogP contribution in [0.3, 0.4) is 0 Å². The minimum Gasteiger partial charge on any atom is -0.493 e. The van der Waals surface area contributed by atoms with Gasteiger partial charge in [0.1, 0.15) is 0 Å². The summed E-state index contributed by atoms with van der Waals surface area (Å²) >= 11 is 0. The molecule has 6 heteroatoms. The molecule has 0 spiro atoms. The van der Waals surface area contributed by atoms with Gasteiger partial charge in [-0.3, -0.25) is 4.98 Å². The molecule has 0 amide bonds. The number of nitrogens with zero attached hydrogens (tertiary/aromatic N) is 3. The molecule has 0 aliphatic heterocycles. The van der Waals surface area contributed by atoms with Crippen LogP contribution >= 0.6 is 0 Å². The van der Waals surface area contributed by atoms with Crippen molar-refractivity contribution in [1.29, 1.82) is 0 Å². The first-order chi connectivity index (χ1) is 9.08. The van der Waals surface area contributed by atoms with Gasteiger partial charge in [0.05, 0.1) is 24.4 Å². The Morgan fingerprint density at radius 3 is 2.89 bits per heavy atom. The molecule has 2 aromatic rings. The molecule has 0 atom stereocenters. The maximum absolute atomic E-state index is 11.8. The van der Waals surface area contributed by atoms with Crippen molar-refractivity contribution >= 4 is 5.97 Å². The summed E-state index contributed by atoms with van der Waals surface area (Å²) in [5.41, 5.74) is 1.74. The summed E-state index contributed by atoms with van der Waals surface area (Å²) in [6.07, 6.45) is 2.87. The van der Waals surface area contributed by atoms with Crippen LogP contribution in [0.1, 0.15) is 17.4 Å². The van der Waals surface area contributed by atoms with Crippen LogP contribution in [-0.4, -0.2) is 33.0 Å². The van der Waals surface area contributed by atoms with Crippen molar-refractivity contribution in [2.75, 3.05) is 7.11 Å². The molecule has 0 unspecified atom stereocenters. The standard InChI is InChI=1S/C12H13N3O3/c1-7-4-8(12(17)18-3)9(5-13-7)10-6-14-15(2)11(10)16/h4-6,16H,1-3H3/i2D. The Balaban J connectivity index is 2.61. The summed E-state index contributed by atoms with van der Waals surface area (Å²) in [7, 11) is 1.08. The fourth-order valence-electron chi connectivity index (χ4n) is 1.62. The van der Waals surface area contributed by atoms with E-state index in [1.807, 2.05) is 0 Å². The first-order valence-corrected chi connectivity index (χ1v) is 5.17. The first kappa shape index (κ1) is 10.8. The highest BCUT2D eigenvalue weighted by Crippen LogP contribution is 2.31. The Hall–Kier alpha value is -2.37. The number of carbonyl (C=O) groups is 1. The van der Waals surface area contributed by atoms with E-state index in [-0.39, 0.29) is 12.9 Å². The molecular formula is C12H13N3O3. The van der Waals surface area contributed by atoms with Crippen LogP contribution < -0.4 is 0 Å². The second kappa shape index (κ2) is 4.48. The lowest BCUT2D eigenvalue weighted by Gasteiger charge is -2.07. The van der Waals surface area contributed by atoms with Gasteiger partial charge >= 0.3 is 5.97 Å². The van der Waals surface area contributed by atoms with E-state index in [2.05, 4.69) is 10.1 Å². The van der Waals surface area contributed by atoms with Crippen LogP contribution in [0.2, 0.25) is 0 Å². The molecule has 0 aromatic carbocycles. The van der Waals surface area contributed by atoms with Crippen molar-refractivity contribution in [2.45, 2.75) is 6.92 Å². The number of hydrogen-bond acceptors (Lipinski definition) is 5. The second-order valence-corrected chi connectivity index (χ2v) is 3.74. The van der Waals surface area contributed by atoms with Crippen molar-refractivity contribution in [2.24, 2.45) is 7.02 Å².